The van der Waals surface area contributed by atoms with Crippen molar-refractivity contribution in [3.8, 4) is 23.0 Å². The Hall–Kier alpha value is -4.25. The number of methoxy groups -OCH3 is 4. The molecule has 4 aliphatic heterocycles. The zero-order chi connectivity index (χ0) is 39.5. The Kier molecular flexibility index (Phi) is 12.5. The molecule has 0 spiro atoms. The minimum Gasteiger partial charge on any atom is -0.493 e. The van der Waals surface area contributed by atoms with Gasteiger partial charge >= 0.3 is 0 Å². The molecule has 10 nitrogen and oxygen atoms in total. The van der Waals surface area contributed by atoms with E-state index in [4.69, 9.17) is 28.4 Å². The van der Waals surface area contributed by atoms with E-state index in [1.807, 2.05) is 30.3 Å². The van der Waals surface area contributed by atoms with Gasteiger partial charge in [0.1, 0.15) is 0 Å². The third kappa shape index (κ3) is 8.11. The first-order valence-corrected chi connectivity index (χ1v) is 20.4. The predicted octanol–water partition coefficient (Wildman–Crippen LogP) is 7.79. The van der Waals surface area contributed by atoms with Gasteiger partial charge in [0, 0.05) is 32.1 Å². The summed E-state index contributed by atoms with van der Waals surface area (Å²) in [5.41, 5.74) is 6.80. The van der Waals surface area contributed by atoms with Crippen LogP contribution in [0.2, 0.25) is 0 Å². The fourth-order valence-electron chi connectivity index (χ4n) is 9.54. The van der Waals surface area contributed by atoms with E-state index in [0.29, 0.717) is 61.0 Å². The van der Waals surface area contributed by atoms with Crippen LogP contribution in [0.5, 0.6) is 23.0 Å². The molecule has 0 saturated carbocycles. The summed E-state index contributed by atoms with van der Waals surface area (Å²) in [5.74, 6) is 4.47. The number of nitrogens with zero attached hydrogens (tertiary/aromatic N) is 2. The maximum absolute atomic E-state index is 15.0. The van der Waals surface area contributed by atoms with Crippen molar-refractivity contribution in [1.82, 2.24) is 9.80 Å². The van der Waals surface area contributed by atoms with E-state index in [1.54, 1.807) is 28.4 Å². The van der Waals surface area contributed by atoms with Gasteiger partial charge in [0.05, 0.1) is 47.7 Å². The Morgan fingerprint density at radius 2 is 1.43 bits per heavy atom. The summed E-state index contributed by atoms with van der Waals surface area (Å²) < 4.78 is 35.9. The zero-order valence-electron chi connectivity index (χ0n) is 34.2. The van der Waals surface area contributed by atoms with Crippen LogP contribution in [-0.2, 0) is 40.3 Å². The molecule has 302 valence electrons. The van der Waals surface area contributed by atoms with Crippen molar-refractivity contribution >= 4 is 5.91 Å². The van der Waals surface area contributed by atoms with Gasteiger partial charge in [-0.25, -0.2) is 0 Å². The number of carbonyl (C=O) groups excluding carboxylic acids is 1. The van der Waals surface area contributed by atoms with Crippen LogP contribution in [0.15, 0.2) is 60.4 Å². The van der Waals surface area contributed by atoms with Crippen LogP contribution in [0.25, 0.3) is 0 Å². The second-order valence-electron chi connectivity index (χ2n) is 16.2. The van der Waals surface area contributed by atoms with Crippen LogP contribution in [0.1, 0.15) is 91.9 Å². The van der Waals surface area contributed by atoms with Crippen LogP contribution < -0.4 is 18.9 Å². The monoisotopic (exact) mass is 768 g/mol. The molecule has 6 unspecified atom stereocenters. The van der Waals surface area contributed by atoms with Crippen molar-refractivity contribution in [3.05, 3.63) is 93.7 Å². The SMILES string of the molecule is CCC1CN2CCc3cc(OC)c(OC)cc3C2CC1CC1c2cc(OC)c(OC)cc2CCN1C(=O)C1=CC(C(C)C)CC(OCc2ccc(CO)cc2)O1. The van der Waals surface area contributed by atoms with E-state index in [1.165, 1.54) is 16.7 Å². The fraction of sp³-hybridized carbons (Fsp3) is 0.543. The average Bonchev–Trinajstić information content (AvgIpc) is 3.24. The lowest BCUT2D eigenvalue weighted by Gasteiger charge is -2.49. The first-order valence-electron chi connectivity index (χ1n) is 20.4. The zero-order valence-corrected chi connectivity index (χ0v) is 34.2. The van der Waals surface area contributed by atoms with Crippen LogP contribution in [-0.4, -0.2) is 75.2 Å². The lowest BCUT2D eigenvalue weighted by Crippen LogP contribution is -2.48. The Bertz CT molecular complexity index is 1880. The van der Waals surface area contributed by atoms with E-state index in [2.05, 4.69) is 54.8 Å². The molecule has 3 aromatic rings. The highest BCUT2D eigenvalue weighted by Gasteiger charge is 2.43. The average molecular weight is 769 g/mol. The third-order valence-electron chi connectivity index (χ3n) is 12.9. The van der Waals surface area contributed by atoms with E-state index in [0.717, 1.165) is 67.0 Å². The number of piperidine rings is 1. The first kappa shape index (κ1) is 40.0. The summed E-state index contributed by atoms with van der Waals surface area (Å²) in [7, 11) is 6.75. The number of hydrogen-bond donors (Lipinski definition) is 1. The van der Waals surface area contributed by atoms with Gasteiger partial charge in [-0.1, -0.05) is 51.5 Å². The number of aliphatic hydroxyl groups is 1. The summed E-state index contributed by atoms with van der Waals surface area (Å²) in [6.45, 7) is 9.64. The Morgan fingerprint density at radius 3 is 2.05 bits per heavy atom. The van der Waals surface area contributed by atoms with Crippen LogP contribution in [0, 0.1) is 23.7 Å². The molecule has 0 radical (unpaired) electrons. The summed E-state index contributed by atoms with van der Waals surface area (Å²) >= 11 is 0. The largest absolute Gasteiger partial charge is 0.493 e. The molecule has 0 bridgehead atoms. The first-order chi connectivity index (χ1) is 27.2. The number of carbonyl (C=O) groups is 1. The second kappa shape index (κ2) is 17.5. The molecule has 4 aliphatic rings. The van der Waals surface area contributed by atoms with E-state index >= 15 is 0 Å². The van der Waals surface area contributed by atoms with Gasteiger partial charge in [-0.15, -0.1) is 0 Å². The van der Waals surface area contributed by atoms with Gasteiger partial charge in [0.2, 0.25) is 6.29 Å². The molecule has 0 aliphatic carbocycles. The summed E-state index contributed by atoms with van der Waals surface area (Å²) in [6, 6.07) is 16.4. The molecule has 6 atom stereocenters. The van der Waals surface area contributed by atoms with Gasteiger partial charge < -0.3 is 38.4 Å². The Labute approximate surface area is 332 Å². The second-order valence-corrected chi connectivity index (χ2v) is 16.2. The van der Waals surface area contributed by atoms with Crippen molar-refractivity contribution in [2.75, 3.05) is 48.1 Å². The lowest BCUT2D eigenvalue weighted by atomic mass is 9.72. The minimum atomic E-state index is -0.556. The highest BCUT2D eigenvalue weighted by molar-refractivity contribution is 5.92. The van der Waals surface area contributed by atoms with Gasteiger partial charge in [-0.2, -0.15) is 0 Å². The molecular formula is C46H60N2O8. The van der Waals surface area contributed by atoms with Crippen LogP contribution in [0.4, 0.5) is 0 Å². The van der Waals surface area contributed by atoms with E-state index in [-0.39, 0.29) is 30.5 Å². The smallest absolute Gasteiger partial charge is 0.289 e. The number of ether oxygens (including phenoxy) is 6. The number of rotatable bonds is 13. The molecule has 4 heterocycles. The highest BCUT2D eigenvalue weighted by atomic mass is 16.7. The van der Waals surface area contributed by atoms with E-state index < -0.39 is 6.29 Å². The number of aliphatic hydroxyl groups excluding tert-OH is 1. The molecule has 1 amide bonds. The van der Waals surface area contributed by atoms with Crippen molar-refractivity contribution in [2.45, 2.75) is 90.9 Å². The molecule has 10 heteroatoms. The topological polar surface area (TPSA) is 99.2 Å². The molecule has 1 saturated heterocycles. The molecule has 0 aromatic heterocycles. The Balaban J connectivity index is 1.20. The quantitative estimate of drug-likeness (QED) is 0.187. The fourth-order valence-corrected chi connectivity index (χ4v) is 9.54. The van der Waals surface area contributed by atoms with Gasteiger partial charge in [0.15, 0.2) is 28.8 Å². The summed E-state index contributed by atoms with van der Waals surface area (Å²) in [5, 5.41) is 9.47. The van der Waals surface area contributed by atoms with Crippen molar-refractivity contribution in [3.63, 3.8) is 0 Å². The van der Waals surface area contributed by atoms with E-state index in [9.17, 15) is 9.90 Å². The molecule has 3 aromatic carbocycles. The predicted molar refractivity (Wildman–Crippen MR) is 215 cm³/mol. The normalized spacial score (nSPS) is 24.7. The molecule has 1 N–H and O–H groups in total. The molecule has 1 fully saturated rings. The lowest BCUT2D eigenvalue weighted by molar-refractivity contribution is -0.162. The highest BCUT2D eigenvalue weighted by Crippen LogP contribution is 2.49. The number of allylic oxidation sites excluding steroid dienone is 1. The number of fused-ring (bicyclic) bond motifs is 4. The van der Waals surface area contributed by atoms with Crippen molar-refractivity contribution in [2.24, 2.45) is 23.7 Å². The molecular weight excluding hydrogens is 709 g/mol. The van der Waals surface area contributed by atoms with Crippen molar-refractivity contribution < 1.29 is 38.3 Å². The summed E-state index contributed by atoms with van der Waals surface area (Å²) in [6.07, 6.45) is 6.73. The molecule has 56 heavy (non-hydrogen) atoms. The Morgan fingerprint density at radius 1 is 0.821 bits per heavy atom. The van der Waals surface area contributed by atoms with Gasteiger partial charge in [-0.05, 0) is 113 Å². The van der Waals surface area contributed by atoms with Gasteiger partial charge in [0.25, 0.3) is 5.91 Å². The molecule has 7 rings (SSSR count). The third-order valence-corrected chi connectivity index (χ3v) is 12.9. The minimum absolute atomic E-state index is 0.000790. The van der Waals surface area contributed by atoms with Crippen LogP contribution in [0.3, 0.4) is 0 Å². The maximum Gasteiger partial charge on any atom is 0.289 e. The van der Waals surface area contributed by atoms with Crippen LogP contribution >= 0.6 is 0 Å². The van der Waals surface area contributed by atoms with Gasteiger partial charge in [-0.3, -0.25) is 9.69 Å². The number of hydrogen-bond acceptors (Lipinski definition) is 9. The maximum atomic E-state index is 15.0. The number of amides is 1. The number of benzene rings is 3. The standard InChI is InChI=1S/C46H60N2O8/c1-8-31-25-47-15-13-32-19-40(51-4)42(53-6)23-36(32)38(47)17-35(31)18-39-37-24-43(54-7)41(52-5)20-33(37)14-16-48(39)46(50)44-21-34(28(2)3)22-45(56-44)55-27-30-11-9-29(26-49)10-12-30/h9-12,19-21,23-24,28,31,34-35,38-39,45,49H,8,13-18,22,25-27H2,1-7H3. The van der Waals surface area contributed by atoms with Crippen molar-refractivity contribution in [1.29, 1.82) is 0 Å². The summed E-state index contributed by atoms with van der Waals surface area (Å²) in [4.78, 5) is 19.7.